The van der Waals surface area contributed by atoms with Gasteiger partial charge in [0.2, 0.25) is 0 Å². The molecule has 0 aromatic rings. The van der Waals surface area contributed by atoms with Crippen LogP contribution in [0.25, 0.3) is 0 Å². The molecule has 1 atom stereocenters. The van der Waals surface area contributed by atoms with E-state index in [2.05, 4.69) is 0 Å². The van der Waals surface area contributed by atoms with Gasteiger partial charge in [0.15, 0.2) is 0 Å². The highest BCUT2D eigenvalue weighted by molar-refractivity contribution is 5.67. The van der Waals surface area contributed by atoms with Gasteiger partial charge in [-0.05, 0) is 11.8 Å². The molecule has 0 aromatic carbocycles. The quantitative estimate of drug-likeness (QED) is 0.651. The number of hydrogen-bond donors (Lipinski definition) is 2. The third kappa shape index (κ3) is 3.37. The van der Waals surface area contributed by atoms with Crippen LogP contribution in [0.15, 0.2) is 0 Å². The summed E-state index contributed by atoms with van der Waals surface area (Å²) in [6, 6.07) is 0. The second-order valence-corrected chi connectivity index (χ2v) is 3.46. The van der Waals surface area contributed by atoms with Crippen molar-refractivity contribution in [2.75, 3.05) is 0 Å². The number of carboxylic acid groups (broad SMARTS) is 1. The van der Waals surface area contributed by atoms with Crippen LogP contribution in [0.2, 0.25) is 0 Å². The smallest absolute Gasteiger partial charge is 0.305 e. The first kappa shape index (κ1) is 10.4. The largest absolute Gasteiger partial charge is 0.481 e. The molecule has 0 aliphatic carbocycles. The van der Waals surface area contributed by atoms with Gasteiger partial charge in [0.25, 0.3) is 0 Å². The maximum atomic E-state index is 10.2. The van der Waals surface area contributed by atoms with Crippen molar-refractivity contribution < 1.29 is 15.0 Å². The highest BCUT2D eigenvalue weighted by Gasteiger charge is 2.27. The zero-order chi connectivity index (χ0) is 9.07. The van der Waals surface area contributed by atoms with Gasteiger partial charge in [0, 0.05) is 0 Å². The van der Waals surface area contributed by atoms with Crippen molar-refractivity contribution in [2.45, 2.75) is 39.7 Å². The number of rotatable bonds is 4. The van der Waals surface area contributed by atoms with E-state index in [4.69, 9.17) is 5.11 Å². The topological polar surface area (TPSA) is 57.5 Å². The molecular formula is C8H16O3. The maximum Gasteiger partial charge on any atom is 0.305 e. The van der Waals surface area contributed by atoms with Crippen LogP contribution < -0.4 is 0 Å². The van der Waals surface area contributed by atoms with Crippen molar-refractivity contribution >= 4 is 5.97 Å². The molecule has 0 heterocycles. The molecule has 3 heteroatoms. The Labute approximate surface area is 67.0 Å². The van der Waals surface area contributed by atoms with Gasteiger partial charge >= 0.3 is 5.97 Å². The average molecular weight is 160 g/mol. The van der Waals surface area contributed by atoms with E-state index in [1.165, 1.54) is 0 Å². The monoisotopic (exact) mass is 160 g/mol. The first-order valence-corrected chi connectivity index (χ1v) is 3.80. The Kier molecular flexibility index (Phi) is 3.52. The predicted octanol–water partition coefficient (Wildman–Crippen LogP) is 1.26. The standard InChI is InChI=1S/C8H16O3/c1-4-8(2,3)6(9)5-7(10)11/h6,9H,4-5H2,1-3H3,(H,10,11). The summed E-state index contributed by atoms with van der Waals surface area (Å²) in [5.41, 5.74) is -0.293. The molecule has 0 aromatic heterocycles. The lowest BCUT2D eigenvalue weighted by atomic mass is 9.82. The average Bonchev–Trinajstić information content (AvgIpc) is 1.86. The summed E-state index contributed by atoms with van der Waals surface area (Å²) in [5, 5.41) is 17.7. The van der Waals surface area contributed by atoms with E-state index < -0.39 is 12.1 Å². The zero-order valence-electron chi connectivity index (χ0n) is 7.29. The fourth-order valence-electron chi connectivity index (χ4n) is 0.677. The fraction of sp³-hybridized carbons (Fsp3) is 0.875. The molecule has 2 N–H and O–H groups in total. The van der Waals surface area contributed by atoms with E-state index in [1.54, 1.807) is 0 Å². The minimum atomic E-state index is -0.945. The number of aliphatic carboxylic acids is 1. The summed E-state index contributed by atoms with van der Waals surface area (Å²) in [7, 11) is 0. The third-order valence-corrected chi connectivity index (χ3v) is 2.18. The van der Waals surface area contributed by atoms with Crippen LogP contribution in [0, 0.1) is 5.41 Å². The molecule has 0 aliphatic heterocycles. The van der Waals surface area contributed by atoms with E-state index in [-0.39, 0.29) is 11.8 Å². The lowest BCUT2D eigenvalue weighted by Gasteiger charge is -2.27. The Morgan fingerprint density at radius 1 is 1.55 bits per heavy atom. The van der Waals surface area contributed by atoms with E-state index in [0.29, 0.717) is 0 Å². The summed E-state index contributed by atoms with van der Waals surface area (Å²) in [5.74, 6) is -0.945. The van der Waals surface area contributed by atoms with Gasteiger partial charge in [0.1, 0.15) is 0 Å². The number of aliphatic hydroxyl groups is 1. The fourth-order valence-corrected chi connectivity index (χ4v) is 0.677. The number of carbonyl (C=O) groups is 1. The van der Waals surface area contributed by atoms with Crippen LogP contribution in [0.5, 0.6) is 0 Å². The Balaban J connectivity index is 4.01. The van der Waals surface area contributed by atoms with Crippen LogP contribution in [-0.2, 0) is 4.79 Å². The molecule has 0 spiro atoms. The van der Waals surface area contributed by atoms with Crippen LogP contribution in [0.4, 0.5) is 0 Å². The molecular weight excluding hydrogens is 144 g/mol. The number of hydrogen-bond acceptors (Lipinski definition) is 2. The third-order valence-electron chi connectivity index (χ3n) is 2.18. The molecule has 0 radical (unpaired) electrons. The van der Waals surface area contributed by atoms with Crippen molar-refractivity contribution in [3.8, 4) is 0 Å². The van der Waals surface area contributed by atoms with Crippen molar-refractivity contribution in [3.05, 3.63) is 0 Å². The zero-order valence-corrected chi connectivity index (χ0v) is 7.29. The lowest BCUT2D eigenvalue weighted by Crippen LogP contribution is -2.30. The molecule has 0 fully saturated rings. The second kappa shape index (κ2) is 3.72. The van der Waals surface area contributed by atoms with Crippen LogP contribution in [0.1, 0.15) is 33.6 Å². The molecule has 0 saturated heterocycles. The van der Waals surface area contributed by atoms with Gasteiger partial charge in [-0.2, -0.15) is 0 Å². The summed E-state index contributed by atoms with van der Waals surface area (Å²) in [6.07, 6.45) is -0.132. The van der Waals surface area contributed by atoms with Crippen LogP contribution in [0.3, 0.4) is 0 Å². The Hall–Kier alpha value is -0.570. The first-order chi connectivity index (χ1) is 4.90. The molecule has 0 aliphatic rings. The van der Waals surface area contributed by atoms with Crippen LogP contribution >= 0.6 is 0 Å². The van der Waals surface area contributed by atoms with Gasteiger partial charge in [0.05, 0.1) is 12.5 Å². The molecule has 3 nitrogen and oxygen atoms in total. The van der Waals surface area contributed by atoms with Crippen molar-refractivity contribution in [3.63, 3.8) is 0 Å². The van der Waals surface area contributed by atoms with Crippen molar-refractivity contribution in [1.82, 2.24) is 0 Å². The van der Waals surface area contributed by atoms with Gasteiger partial charge in [-0.1, -0.05) is 20.8 Å². The van der Waals surface area contributed by atoms with Gasteiger partial charge in [-0.25, -0.2) is 0 Å². The second-order valence-electron chi connectivity index (χ2n) is 3.46. The van der Waals surface area contributed by atoms with Crippen molar-refractivity contribution in [1.29, 1.82) is 0 Å². The van der Waals surface area contributed by atoms with E-state index in [1.807, 2.05) is 20.8 Å². The molecule has 0 saturated carbocycles. The molecule has 11 heavy (non-hydrogen) atoms. The number of carboxylic acids is 1. The molecule has 66 valence electrons. The minimum Gasteiger partial charge on any atom is -0.481 e. The molecule has 0 rings (SSSR count). The SMILES string of the molecule is CCC(C)(C)C(O)CC(=O)O. The normalized spacial score (nSPS) is 14.5. The van der Waals surface area contributed by atoms with E-state index in [0.717, 1.165) is 6.42 Å². The van der Waals surface area contributed by atoms with Crippen LogP contribution in [-0.4, -0.2) is 22.3 Å². The summed E-state index contributed by atoms with van der Waals surface area (Å²) >= 11 is 0. The molecule has 0 amide bonds. The van der Waals surface area contributed by atoms with Gasteiger partial charge in [-0.15, -0.1) is 0 Å². The molecule has 1 unspecified atom stereocenters. The number of aliphatic hydroxyl groups excluding tert-OH is 1. The van der Waals surface area contributed by atoms with Gasteiger partial charge < -0.3 is 10.2 Å². The summed E-state index contributed by atoms with van der Waals surface area (Å²) in [4.78, 5) is 10.2. The minimum absolute atomic E-state index is 0.166. The lowest BCUT2D eigenvalue weighted by molar-refractivity contribution is -0.141. The molecule has 0 bridgehead atoms. The van der Waals surface area contributed by atoms with E-state index >= 15 is 0 Å². The summed E-state index contributed by atoms with van der Waals surface area (Å²) < 4.78 is 0. The highest BCUT2D eigenvalue weighted by Crippen LogP contribution is 2.26. The van der Waals surface area contributed by atoms with E-state index in [9.17, 15) is 9.90 Å². The van der Waals surface area contributed by atoms with Crippen molar-refractivity contribution in [2.24, 2.45) is 5.41 Å². The first-order valence-electron chi connectivity index (χ1n) is 3.80. The Bertz CT molecular complexity index is 140. The predicted molar refractivity (Wildman–Crippen MR) is 42.3 cm³/mol. The maximum absolute atomic E-state index is 10.2. The summed E-state index contributed by atoms with van der Waals surface area (Å²) in [6.45, 7) is 5.66. The Morgan fingerprint density at radius 3 is 2.27 bits per heavy atom. The highest BCUT2D eigenvalue weighted by atomic mass is 16.4. The van der Waals surface area contributed by atoms with Gasteiger partial charge in [-0.3, -0.25) is 4.79 Å². The Morgan fingerprint density at radius 2 is 2.00 bits per heavy atom.